The number of nitrogens with two attached hydrogens (primary N) is 1. The number of phenols is 1. The van der Waals surface area contributed by atoms with E-state index in [0.29, 0.717) is 39.1 Å². The number of hydrogen-bond acceptors (Lipinski definition) is 14. The molecule has 0 spiro atoms. The number of carboxylic acid groups (broad SMARTS) is 2. The van der Waals surface area contributed by atoms with Gasteiger partial charge < -0.3 is 68.6 Å². The average molecular weight is 1120 g/mol. The number of benzene rings is 3. The van der Waals surface area contributed by atoms with Crippen LogP contribution in [0.15, 0.2) is 85.1 Å². The first-order valence-corrected chi connectivity index (χ1v) is 27.5. The van der Waals surface area contributed by atoms with Gasteiger partial charge in [-0.15, -0.1) is 0 Å². The Balaban J connectivity index is 1.55. The first-order chi connectivity index (χ1) is 37.2. The van der Waals surface area contributed by atoms with Gasteiger partial charge in [-0.05, 0) is 71.7 Å². The third kappa shape index (κ3) is 20.8. The molecule has 0 fully saturated rings. The summed E-state index contributed by atoms with van der Waals surface area (Å²) in [6, 6.07) is 11.2. The van der Waals surface area contributed by atoms with Crippen molar-refractivity contribution < 1.29 is 68.1 Å². The van der Waals surface area contributed by atoms with Crippen LogP contribution in [0.1, 0.15) is 55.7 Å². The normalized spacial score (nSPS) is 13.6. The number of carbonyl (C=O) groups excluding carboxylic acids is 9. The van der Waals surface area contributed by atoms with Crippen molar-refractivity contribution in [2.45, 2.75) is 101 Å². The van der Waals surface area contributed by atoms with Crippen LogP contribution in [-0.2, 0) is 72.0 Å². The number of hydrogen-bond donors (Lipinski definition) is 13. The summed E-state index contributed by atoms with van der Waals surface area (Å²) in [4.78, 5) is 148. The number of primary amides is 1. The zero-order valence-electron chi connectivity index (χ0n) is 43.1. The molecule has 420 valence electrons. The lowest BCUT2D eigenvalue weighted by Crippen LogP contribution is -2.59. The molecule has 7 atom stereocenters. The number of aromatic amines is 1. The Kier molecular flexibility index (Phi) is 25.4. The molecule has 78 heavy (non-hydrogen) atoms. The first-order valence-electron chi connectivity index (χ1n) is 24.7. The Morgan fingerprint density at radius 3 is 1.54 bits per heavy atom. The van der Waals surface area contributed by atoms with E-state index in [1.807, 2.05) is 0 Å². The van der Waals surface area contributed by atoms with E-state index < -0.39 is 127 Å². The van der Waals surface area contributed by atoms with Gasteiger partial charge >= 0.3 is 11.9 Å². The van der Waals surface area contributed by atoms with Crippen molar-refractivity contribution in [1.29, 1.82) is 0 Å². The largest absolute Gasteiger partial charge is 0.508 e. The molecule has 1 aromatic heterocycles. The number of thioether (sulfide) groups is 2. The van der Waals surface area contributed by atoms with Gasteiger partial charge in [0.2, 0.25) is 53.2 Å². The van der Waals surface area contributed by atoms with Crippen molar-refractivity contribution >= 4 is 99.5 Å². The maximum atomic E-state index is 14.4. The summed E-state index contributed by atoms with van der Waals surface area (Å²) < 4.78 is 0. The highest BCUT2D eigenvalue weighted by Crippen LogP contribution is 2.20. The van der Waals surface area contributed by atoms with Crippen molar-refractivity contribution in [2.75, 3.05) is 30.6 Å². The highest BCUT2D eigenvalue weighted by Gasteiger charge is 2.34. The summed E-state index contributed by atoms with van der Waals surface area (Å²) in [6.45, 7) is 0.764. The number of para-hydroxylation sites is 1. The van der Waals surface area contributed by atoms with Crippen molar-refractivity contribution in [2.24, 2.45) is 5.73 Å². The molecule has 4 rings (SSSR count). The highest BCUT2D eigenvalue weighted by molar-refractivity contribution is 7.98. The highest BCUT2D eigenvalue weighted by atomic mass is 32.2. The Labute approximate surface area is 457 Å². The third-order valence-corrected chi connectivity index (χ3v) is 13.3. The summed E-state index contributed by atoms with van der Waals surface area (Å²) in [7, 11) is 0. The molecule has 24 nitrogen and oxygen atoms in total. The fourth-order valence-electron chi connectivity index (χ4n) is 7.85. The molecule has 26 heteroatoms. The van der Waals surface area contributed by atoms with Crippen LogP contribution < -0.4 is 48.3 Å². The molecule has 14 N–H and O–H groups in total. The van der Waals surface area contributed by atoms with E-state index in [0.717, 1.165) is 0 Å². The van der Waals surface area contributed by atoms with Gasteiger partial charge in [0, 0.05) is 42.8 Å². The van der Waals surface area contributed by atoms with Crippen LogP contribution in [0.25, 0.3) is 10.9 Å². The zero-order chi connectivity index (χ0) is 57.3. The molecule has 1 heterocycles. The number of amides is 9. The van der Waals surface area contributed by atoms with E-state index in [-0.39, 0.29) is 44.3 Å². The van der Waals surface area contributed by atoms with Gasteiger partial charge in [-0.3, -0.25) is 52.7 Å². The van der Waals surface area contributed by atoms with Crippen LogP contribution in [0.5, 0.6) is 5.75 Å². The Morgan fingerprint density at radius 2 is 0.974 bits per heavy atom. The second-order valence-electron chi connectivity index (χ2n) is 17.9. The number of rotatable bonds is 33. The second kappa shape index (κ2) is 31.8. The van der Waals surface area contributed by atoms with Gasteiger partial charge in [0.25, 0.3) is 0 Å². The van der Waals surface area contributed by atoms with E-state index in [1.165, 1.54) is 54.7 Å². The number of aromatic nitrogens is 1. The lowest BCUT2D eigenvalue weighted by molar-refractivity contribution is -0.141. The predicted molar refractivity (Wildman–Crippen MR) is 290 cm³/mol. The molecule has 0 saturated carbocycles. The van der Waals surface area contributed by atoms with E-state index in [2.05, 4.69) is 47.5 Å². The van der Waals surface area contributed by atoms with Gasteiger partial charge in [0.05, 0.1) is 19.4 Å². The second-order valence-corrected chi connectivity index (χ2v) is 19.9. The molecule has 0 bridgehead atoms. The number of carbonyl (C=O) groups is 11. The number of H-pyrrole nitrogens is 1. The molecule has 0 aliphatic carbocycles. The molecule has 9 amide bonds. The number of phenolic OH excluding ortho intramolecular Hbond substituents is 1. The maximum Gasteiger partial charge on any atom is 0.305 e. The lowest BCUT2D eigenvalue weighted by atomic mass is 10.0. The van der Waals surface area contributed by atoms with Gasteiger partial charge in [-0.1, -0.05) is 67.6 Å². The molecule has 0 aliphatic rings. The minimum Gasteiger partial charge on any atom is -0.508 e. The minimum absolute atomic E-state index is 0.0217. The monoisotopic (exact) mass is 1120 g/mol. The minimum atomic E-state index is -1.73. The maximum absolute atomic E-state index is 14.4. The van der Waals surface area contributed by atoms with Gasteiger partial charge in [-0.25, -0.2) is 0 Å². The molecular formula is C52H66N10O14S2. The number of aromatic hydroxyl groups is 1. The van der Waals surface area contributed by atoms with E-state index in [1.54, 1.807) is 73.3 Å². The molecule has 0 aliphatic heterocycles. The summed E-state index contributed by atoms with van der Waals surface area (Å²) >= 11 is 2.65. The summed E-state index contributed by atoms with van der Waals surface area (Å²) in [5.41, 5.74) is 7.95. The van der Waals surface area contributed by atoms with Crippen molar-refractivity contribution in [1.82, 2.24) is 47.5 Å². The van der Waals surface area contributed by atoms with Crippen molar-refractivity contribution in [3.63, 3.8) is 0 Å². The van der Waals surface area contributed by atoms with Gasteiger partial charge in [0.1, 0.15) is 48.0 Å². The smallest absolute Gasteiger partial charge is 0.305 e. The molecule has 0 radical (unpaired) electrons. The van der Waals surface area contributed by atoms with Crippen LogP contribution >= 0.6 is 23.5 Å². The number of aliphatic carboxylic acids is 2. The van der Waals surface area contributed by atoms with Crippen LogP contribution in [-0.4, -0.2) is 158 Å². The number of carboxylic acids is 2. The van der Waals surface area contributed by atoms with Gasteiger partial charge in [0.15, 0.2) is 0 Å². The van der Waals surface area contributed by atoms with Crippen molar-refractivity contribution in [3.8, 4) is 5.75 Å². The fourth-order valence-corrected chi connectivity index (χ4v) is 8.79. The molecule has 0 saturated heterocycles. The quantitative estimate of drug-likeness (QED) is 0.0293. The van der Waals surface area contributed by atoms with Crippen LogP contribution in [0.4, 0.5) is 0 Å². The molecule has 4 aromatic rings. The topological polar surface area (TPSA) is 387 Å². The van der Waals surface area contributed by atoms with Crippen molar-refractivity contribution in [3.05, 3.63) is 102 Å². The number of fused-ring (bicyclic) bond motifs is 1. The van der Waals surface area contributed by atoms with Crippen LogP contribution in [0.2, 0.25) is 0 Å². The standard InChI is InChI=1S/C52H66N10O14S2/c1-4-42(64)56-40(25-44(66)67)51(75)61-38(23-30-14-16-32(63)17-15-30)49(73)58-35(18-20-77-2)47(71)55-28-43(65)57-39(24-31-27-54-34-13-9-8-12-33(31)34)50(74)59-36(19-21-78-3)48(72)62-41(26-45(68)69)52(76)60-37(46(53)70)22-29-10-6-5-7-11-29/h5-17,27,35-41,54,63H,4,18-26,28H2,1-3H3,(H2,53,70)(H,55,71)(H,56,64)(H,57,65)(H,58,73)(H,59,74)(H,60,76)(H,61,75)(H,62,72)(H,66,67)(H,68,69)/t35-,36-,37-,38-,39-,40-,41-/m0/s1. The first kappa shape index (κ1) is 62.4. The van der Waals surface area contributed by atoms with E-state index in [4.69, 9.17) is 5.73 Å². The predicted octanol–water partition coefficient (Wildman–Crippen LogP) is -0.238. The fraction of sp³-hybridized carbons (Fsp3) is 0.404. The van der Waals surface area contributed by atoms with E-state index in [9.17, 15) is 68.1 Å². The Bertz CT molecular complexity index is 2750. The lowest BCUT2D eigenvalue weighted by Gasteiger charge is -2.26. The molecule has 3 aromatic carbocycles. The SMILES string of the molecule is CCC(=O)N[C@@H](CC(=O)O)C(=O)N[C@@H](Cc1ccc(O)cc1)C(=O)N[C@@H](CCSC)C(=O)NCC(=O)N[C@@H](Cc1c[nH]c2ccccc12)C(=O)N[C@@H](CCSC)C(=O)N[C@@H](CC(=O)O)C(=O)N[C@@H](Cc1ccccc1)C(N)=O. The zero-order valence-corrected chi connectivity index (χ0v) is 44.8. The summed E-state index contributed by atoms with van der Waals surface area (Å²) in [5.74, 6) is -10.3. The third-order valence-electron chi connectivity index (χ3n) is 12.0. The number of nitrogens with one attached hydrogen (secondary N) is 9. The average Bonchev–Trinajstić information content (AvgIpc) is 3.82. The van der Waals surface area contributed by atoms with Gasteiger partial charge in [-0.2, -0.15) is 23.5 Å². The molecular weight excluding hydrogens is 1050 g/mol. The summed E-state index contributed by atoms with van der Waals surface area (Å²) in [6.07, 6.45) is 2.95. The summed E-state index contributed by atoms with van der Waals surface area (Å²) in [5, 5.41) is 49.7. The van der Waals surface area contributed by atoms with Crippen LogP contribution in [0.3, 0.4) is 0 Å². The Morgan fingerprint density at radius 1 is 0.526 bits per heavy atom. The van der Waals surface area contributed by atoms with Crippen LogP contribution in [0, 0.1) is 0 Å². The Hall–Kier alpha value is -8.13. The van der Waals surface area contributed by atoms with E-state index >= 15 is 0 Å². The molecule has 0 unspecified atom stereocenters.